The highest BCUT2D eigenvalue weighted by atomic mass is 79.9. The fourth-order valence-corrected chi connectivity index (χ4v) is 1.96. The maximum Gasteiger partial charge on any atom is 0.220 e. The van der Waals surface area contributed by atoms with Crippen molar-refractivity contribution in [2.75, 3.05) is 31.5 Å². The minimum absolute atomic E-state index is 0.188. The van der Waals surface area contributed by atoms with Gasteiger partial charge in [0.2, 0.25) is 5.91 Å². The van der Waals surface area contributed by atoms with Gasteiger partial charge in [-0.3, -0.25) is 4.79 Å². The summed E-state index contributed by atoms with van der Waals surface area (Å²) in [6, 6.07) is 0. The number of carbonyl (C=O) groups excluding carboxylic acids is 1. The largest absolute Gasteiger partial charge is 0.355 e. The maximum atomic E-state index is 11.4. The molecule has 4 heteroatoms. The number of carbonyl (C=O) groups is 1. The quantitative estimate of drug-likeness (QED) is 0.495. The van der Waals surface area contributed by atoms with Crippen LogP contribution in [0.1, 0.15) is 39.5 Å². The number of nitrogens with one attached hydrogen (secondary N) is 1. The number of halogens is 1. The first-order chi connectivity index (χ1) is 7.74. The first-order valence-electron chi connectivity index (χ1n) is 6.29. The molecular formula is C12H25BrN2O. The van der Waals surface area contributed by atoms with E-state index in [1.54, 1.807) is 0 Å². The van der Waals surface area contributed by atoms with E-state index in [1.807, 2.05) is 0 Å². The van der Waals surface area contributed by atoms with E-state index in [0.717, 1.165) is 44.4 Å². The summed E-state index contributed by atoms with van der Waals surface area (Å²) in [4.78, 5) is 13.8. The lowest BCUT2D eigenvalue weighted by molar-refractivity contribution is -0.121. The fraction of sp³-hybridized carbons (Fsp3) is 0.917. The van der Waals surface area contributed by atoms with Crippen LogP contribution in [0, 0.1) is 0 Å². The Morgan fingerprint density at radius 1 is 1.25 bits per heavy atom. The van der Waals surface area contributed by atoms with Crippen molar-refractivity contribution in [3.05, 3.63) is 0 Å². The molecule has 0 aliphatic heterocycles. The van der Waals surface area contributed by atoms with Gasteiger partial charge < -0.3 is 10.2 Å². The Morgan fingerprint density at radius 2 is 2.00 bits per heavy atom. The van der Waals surface area contributed by atoms with Crippen LogP contribution in [0.2, 0.25) is 0 Å². The Balaban J connectivity index is 3.44. The second kappa shape index (κ2) is 11.4. The summed E-state index contributed by atoms with van der Waals surface area (Å²) >= 11 is 3.36. The Morgan fingerprint density at radius 3 is 2.56 bits per heavy atom. The van der Waals surface area contributed by atoms with Gasteiger partial charge in [-0.2, -0.15) is 0 Å². The number of rotatable bonds is 10. The number of likely N-dealkylation sites (N-methyl/N-ethyl adjacent to an activating group) is 1. The lowest BCUT2D eigenvalue weighted by Crippen LogP contribution is -2.35. The van der Waals surface area contributed by atoms with Crippen molar-refractivity contribution in [3.8, 4) is 0 Å². The van der Waals surface area contributed by atoms with Gasteiger partial charge in [-0.1, -0.05) is 29.8 Å². The average molecular weight is 293 g/mol. The van der Waals surface area contributed by atoms with Crippen LogP contribution in [-0.2, 0) is 4.79 Å². The van der Waals surface area contributed by atoms with E-state index >= 15 is 0 Å². The van der Waals surface area contributed by atoms with Gasteiger partial charge in [0.1, 0.15) is 0 Å². The van der Waals surface area contributed by atoms with E-state index < -0.39 is 0 Å². The van der Waals surface area contributed by atoms with E-state index in [4.69, 9.17) is 0 Å². The third-order valence-corrected chi connectivity index (χ3v) is 3.09. The highest BCUT2D eigenvalue weighted by Crippen LogP contribution is 1.98. The van der Waals surface area contributed by atoms with Crippen LogP contribution in [-0.4, -0.2) is 42.3 Å². The minimum atomic E-state index is 0.188. The molecule has 0 unspecified atom stereocenters. The van der Waals surface area contributed by atoms with Crippen molar-refractivity contribution < 1.29 is 4.79 Å². The topological polar surface area (TPSA) is 32.3 Å². The van der Waals surface area contributed by atoms with Crippen molar-refractivity contribution in [2.45, 2.75) is 39.5 Å². The zero-order valence-electron chi connectivity index (χ0n) is 10.6. The van der Waals surface area contributed by atoms with E-state index in [-0.39, 0.29) is 5.91 Å². The van der Waals surface area contributed by atoms with Gasteiger partial charge in [0.25, 0.3) is 0 Å². The predicted molar refractivity (Wildman–Crippen MR) is 73.1 cm³/mol. The molecule has 0 saturated heterocycles. The summed E-state index contributed by atoms with van der Waals surface area (Å²) in [5, 5.41) is 3.96. The number of alkyl halides is 1. The third kappa shape index (κ3) is 9.16. The van der Waals surface area contributed by atoms with Gasteiger partial charge in [-0.05, 0) is 32.4 Å². The van der Waals surface area contributed by atoms with Crippen LogP contribution in [0.5, 0.6) is 0 Å². The van der Waals surface area contributed by atoms with Gasteiger partial charge in [-0.15, -0.1) is 0 Å². The van der Waals surface area contributed by atoms with Crippen molar-refractivity contribution in [3.63, 3.8) is 0 Å². The molecule has 0 fully saturated rings. The summed E-state index contributed by atoms with van der Waals surface area (Å²) in [5.41, 5.74) is 0. The monoisotopic (exact) mass is 292 g/mol. The molecule has 0 aromatic rings. The van der Waals surface area contributed by atoms with Crippen LogP contribution >= 0.6 is 15.9 Å². The lowest BCUT2D eigenvalue weighted by Gasteiger charge is -2.19. The molecule has 0 aromatic heterocycles. The molecule has 0 heterocycles. The minimum Gasteiger partial charge on any atom is -0.355 e. The molecule has 16 heavy (non-hydrogen) atoms. The van der Waals surface area contributed by atoms with Crippen molar-refractivity contribution in [1.29, 1.82) is 0 Å². The molecule has 3 nitrogen and oxygen atoms in total. The van der Waals surface area contributed by atoms with Gasteiger partial charge in [0, 0.05) is 24.8 Å². The molecule has 0 aliphatic carbocycles. The molecule has 0 saturated carbocycles. The summed E-state index contributed by atoms with van der Waals surface area (Å²) in [6.45, 7) is 8.27. The van der Waals surface area contributed by atoms with Crippen molar-refractivity contribution >= 4 is 21.8 Å². The van der Waals surface area contributed by atoms with Gasteiger partial charge in [-0.25, -0.2) is 0 Å². The summed E-state index contributed by atoms with van der Waals surface area (Å²) in [5.74, 6) is 0.188. The van der Waals surface area contributed by atoms with Crippen molar-refractivity contribution in [1.82, 2.24) is 10.2 Å². The Hall–Kier alpha value is -0.0900. The smallest absolute Gasteiger partial charge is 0.220 e. The molecule has 0 aromatic carbocycles. The molecule has 1 amide bonds. The summed E-state index contributed by atoms with van der Waals surface area (Å²) < 4.78 is 0. The third-order valence-electron chi connectivity index (χ3n) is 2.52. The molecule has 0 aliphatic rings. The highest BCUT2D eigenvalue weighted by Gasteiger charge is 2.03. The van der Waals surface area contributed by atoms with Crippen LogP contribution in [0.25, 0.3) is 0 Å². The normalized spacial score (nSPS) is 10.8. The SMILES string of the molecule is CCCN(CC)CCNC(=O)CCCCBr. The van der Waals surface area contributed by atoms with Gasteiger partial charge >= 0.3 is 0 Å². The zero-order chi connectivity index (χ0) is 12.2. The van der Waals surface area contributed by atoms with Crippen LogP contribution in [0.15, 0.2) is 0 Å². The number of amides is 1. The lowest BCUT2D eigenvalue weighted by atomic mass is 10.2. The van der Waals surface area contributed by atoms with Gasteiger partial charge in [0.05, 0.1) is 0 Å². The summed E-state index contributed by atoms with van der Waals surface area (Å²) in [7, 11) is 0. The second-order valence-electron chi connectivity index (χ2n) is 3.93. The first-order valence-corrected chi connectivity index (χ1v) is 7.41. The average Bonchev–Trinajstić information content (AvgIpc) is 2.28. The number of hydrogen-bond acceptors (Lipinski definition) is 2. The highest BCUT2D eigenvalue weighted by molar-refractivity contribution is 9.09. The first kappa shape index (κ1) is 15.9. The van der Waals surface area contributed by atoms with E-state index in [2.05, 4.69) is 40.0 Å². The molecule has 0 spiro atoms. The molecule has 96 valence electrons. The molecular weight excluding hydrogens is 268 g/mol. The van der Waals surface area contributed by atoms with E-state index in [0.29, 0.717) is 6.42 Å². The Kier molecular flexibility index (Phi) is 11.3. The predicted octanol–water partition coefficient (Wildman–Crippen LogP) is 2.40. The summed E-state index contributed by atoms with van der Waals surface area (Å²) in [6.07, 6.45) is 3.88. The Bertz CT molecular complexity index is 176. The molecule has 1 N–H and O–H groups in total. The number of hydrogen-bond donors (Lipinski definition) is 1. The van der Waals surface area contributed by atoms with Crippen molar-refractivity contribution in [2.24, 2.45) is 0 Å². The number of nitrogens with zero attached hydrogens (tertiary/aromatic N) is 1. The fourth-order valence-electron chi connectivity index (χ4n) is 1.57. The van der Waals surface area contributed by atoms with E-state index in [1.165, 1.54) is 6.42 Å². The van der Waals surface area contributed by atoms with Gasteiger partial charge in [0.15, 0.2) is 0 Å². The molecule has 0 rings (SSSR count). The van der Waals surface area contributed by atoms with Crippen LogP contribution in [0.4, 0.5) is 0 Å². The maximum absolute atomic E-state index is 11.4. The molecule has 0 radical (unpaired) electrons. The van der Waals surface area contributed by atoms with Crippen LogP contribution < -0.4 is 5.32 Å². The molecule has 0 atom stereocenters. The molecule has 0 bridgehead atoms. The second-order valence-corrected chi connectivity index (χ2v) is 4.72. The number of unbranched alkanes of at least 4 members (excludes halogenated alkanes) is 1. The van der Waals surface area contributed by atoms with Crippen LogP contribution in [0.3, 0.4) is 0 Å². The van der Waals surface area contributed by atoms with E-state index in [9.17, 15) is 4.79 Å². The Labute approximate surface area is 108 Å². The zero-order valence-corrected chi connectivity index (χ0v) is 12.2. The standard InChI is InChI=1S/C12H25BrN2O/c1-3-10-15(4-2)11-9-14-12(16)7-5-6-8-13/h3-11H2,1-2H3,(H,14,16).